The van der Waals surface area contributed by atoms with Gasteiger partial charge < -0.3 is 19.5 Å². The first-order chi connectivity index (χ1) is 8.85. The van der Waals surface area contributed by atoms with Crippen molar-refractivity contribution >= 4 is 0 Å². The van der Waals surface area contributed by atoms with Crippen LogP contribution in [-0.2, 0) is 14.2 Å². The highest BCUT2D eigenvalue weighted by Gasteiger charge is 2.43. The van der Waals surface area contributed by atoms with E-state index in [0.717, 1.165) is 31.9 Å². The molecular weight excluding hydrogens is 230 g/mol. The van der Waals surface area contributed by atoms with Crippen LogP contribution in [0.2, 0.25) is 0 Å². The highest BCUT2D eigenvalue weighted by molar-refractivity contribution is 4.97. The van der Waals surface area contributed by atoms with Crippen molar-refractivity contribution < 1.29 is 14.2 Å². The lowest BCUT2D eigenvalue weighted by Gasteiger charge is -2.44. The molecule has 3 unspecified atom stereocenters. The third kappa shape index (κ3) is 4.19. The molecule has 4 heteroatoms. The zero-order valence-corrected chi connectivity index (χ0v) is 11.7. The maximum absolute atomic E-state index is 5.95. The van der Waals surface area contributed by atoms with Crippen molar-refractivity contribution in [3.8, 4) is 0 Å². The monoisotopic (exact) mass is 257 g/mol. The molecule has 106 valence electrons. The fourth-order valence-corrected chi connectivity index (χ4v) is 2.31. The Morgan fingerprint density at radius 3 is 2.67 bits per heavy atom. The van der Waals surface area contributed by atoms with Crippen LogP contribution in [-0.4, -0.2) is 51.7 Å². The Morgan fingerprint density at radius 2 is 2.00 bits per heavy atom. The molecule has 4 nitrogen and oxygen atoms in total. The van der Waals surface area contributed by atoms with E-state index < -0.39 is 0 Å². The van der Waals surface area contributed by atoms with Gasteiger partial charge in [0.05, 0.1) is 25.4 Å². The van der Waals surface area contributed by atoms with E-state index in [1.165, 1.54) is 12.8 Å². The molecule has 18 heavy (non-hydrogen) atoms. The van der Waals surface area contributed by atoms with E-state index in [1.807, 2.05) is 0 Å². The van der Waals surface area contributed by atoms with Crippen LogP contribution in [0.4, 0.5) is 0 Å². The van der Waals surface area contributed by atoms with Gasteiger partial charge in [-0.1, -0.05) is 6.92 Å². The maximum Gasteiger partial charge on any atom is 0.0991 e. The molecule has 0 amide bonds. The fraction of sp³-hybridized carbons (Fsp3) is 1.00. The Balaban J connectivity index is 1.67. The summed E-state index contributed by atoms with van der Waals surface area (Å²) in [5.74, 6) is 0.826. The van der Waals surface area contributed by atoms with Crippen LogP contribution in [0.1, 0.15) is 32.6 Å². The lowest BCUT2D eigenvalue weighted by atomic mass is 9.85. The third-order valence-electron chi connectivity index (χ3n) is 3.75. The Hall–Kier alpha value is -0.160. The minimum Gasteiger partial charge on any atom is -0.382 e. The van der Waals surface area contributed by atoms with Crippen molar-refractivity contribution in [1.82, 2.24) is 5.32 Å². The number of hydrogen-bond acceptors (Lipinski definition) is 4. The predicted octanol–water partition coefficient (Wildman–Crippen LogP) is 1.59. The van der Waals surface area contributed by atoms with Crippen molar-refractivity contribution in [2.75, 3.05) is 33.5 Å². The van der Waals surface area contributed by atoms with Gasteiger partial charge in [-0.05, 0) is 38.1 Å². The molecule has 0 bridgehead atoms. The molecule has 0 aromatic carbocycles. The van der Waals surface area contributed by atoms with Crippen LogP contribution in [0.25, 0.3) is 0 Å². The maximum atomic E-state index is 5.95. The van der Waals surface area contributed by atoms with Gasteiger partial charge in [0.2, 0.25) is 0 Å². The van der Waals surface area contributed by atoms with Crippen LogP contribution in [0.3, 0.4) is 0 Å². The highest BCUT2D eigenvalue weighted by atomic mass is 16.6. The van der Waals surface area contributed by atoms with E-state index in [4.69, 9.17) is 14.2 Å². The van der Waals surface area contributed by atoms with E-state index in [9.17, 15) is 0 Å². The van der Waals surface area contributed by atoms with Crippen molar-refractivity contribution in [1.29, 1.82) is 0 Å². The first-order valence-electron chi connectivity index (χ1n) is 7.30. The van der Waals surface area contributed by atoms with Gasteiger partial charge in [0.25, 0.3) is 0 Å². The summed E-state index contributed by atoms with van der Waals surface area (Å²) in [5.41, 5.74) is 0. The lowest BCUT2D eigenvalue weighted by molar-refractivity contribution is -0.153. The standard InChI is InChI=1S/C14H27NO3/c1-3-6-15-12-9-13(18-10-11-4-5-11)14(12)17-8-7-16-2/h11-15H,3-10H2,1-2H3. The summed E-state index contributed by atoms with van der Waals surface area (Å²) >= 11 is 0. The molecular formula is C14H27NO3. The summed E-state index contributed by atoms with van der Waals surface area (Å²) in [4.78, 5) is 0. The summed E-state index contributed by atoms with van der Waals surface area (Å²) < 4.78 is 16.9. The SMILES string of the molecule is CCCNC1CC(OCC2CC2)C1OCCOC. The second-order valence-electron chi connectivity index (χ2n) is 5.44. The van der Waals surface area contributed by atoms with Gasteiger partial charge in [0.1, 0.15) is 0 Å². The molecule has 0 spiro atoms. The van der Waals surface area contributed by atoms with E-state index in [-0.39, 0.29) is 12.2 Å². The Bertz CT molecular complexity index is 233. The molecule has 3 atom stereocenters. The van der Waals surface area contributed by atoms with E-state index >= 15 is 0 Å². The second-order valence-corrected chi connectivity index (χ2v) is 5.44. The lowest BCUT2D eigenvalue weighted by Crippen LogP contribution is -2.60. The van der Waals surface area contributed by atoms with E-state index in [2.05, 4.69) is 12.2 Å². The summed E-state index contributed by atoms with van der Waals surface area (Å²) in [6, 6.07) is 0.464. The Labute approximate surface area is 110 Å². The first-order valence-corrected chi connectivity index (χ1v) is 7.30. The van der Waals surface area contributed by atoms with Gasteiger partial charge in [-0.15, -0.1) is 0 Å². The summed E-state index contributed by atoms with van der Waals surface area (Å²) in [5, 5.41) is 3.53. The topological polar surface area (TPSA) is 39.7 Å². The van der Waals surface area contributed by atoms with Crippen LogP contribution < -0.4 is 5.32 Å². The molecule has 2 fully saturated rings. The molecule has 0 radical (unpaired) electrons. The summed E-state index contributed by atoms with van der Waals surface area (Å²) in [7, 11) is 1.71. The largest absolute Gasteiger partial charge is 0.382 e. The number of ether oxygens (including phenoxy) is 3. The van der Waals surface area contributed by atoms with Gasteiger partial charge in [0, 0.05) is 19.8 Å². The number of nitrogens with one attached hydrogen (secondary N) is 1. The van der Waals surface area contributed by atoms with Crippen molar-refractivity contribution in [2.45, 2.75) is 50.9 Å². The zero-order valence-electron chi connectivity index (χ0n) is 11.7. The van der Waals surface area contributed by atoms with Gasteiger partial charge in [-0.3, -0.25) is 0 Å². The van der Waals surface area contributed by atoms with Crippen molar-refractivity contribution in [2.24, 2.45) is 5.92 Å². The summed E-state index contributed by atoms with van der Waals surface area (Å²) in [6.07, 6.45) is 5.44. The quantitative estimate of drug-likeness (QED) is 0.603. The van der Waals surface area contributed by atoms with E-state index in [0.29, 0.717) is 19.3 Å². The smallest absolute Gasteiger partial charge is 0.0991 e. The van der Waals surface area contributed by atoms with Crippen LogP contribution in [0, 0.1) is 5.92 Å². The minimum absolute atomic E-state index is 0.213. The first kappa shape index (κ1) is 14.3. The number of hydrogen-bond donors (Lipinski definition) is 1. The third-order valence-corrected chi connectivity index (χ3v) is 3.75. The average molecular weight is 257 g/mol. The van der Waals surface area contributed by atoms with Crippen LogP contribution >= 0.6 is 0 Å². The molecule has 2 aliphatic carbocycles. The number of methoxy groups -OCH3 is 1. The fourth-order valence-electron chi connectivity index (χ4n) is 2.31. The molecule has 0 aromatic heterocycles. The van der Waals surface area contributed by atoms with Crippen molar-refractivity contribution in [3.05, 3.63) is 0 Å². The van der Waals surface area contributed by atoms with E-state index in [1.54, 1.807) is 7.11 Å². The molecule has 2 rings (SSSR count). The molecule has 0 aromatic rings. The van der Waals surface area contributed by atoms with Gasteiger partial charge in [-0.2, -0.15) is 0 Å². The molecule has 0 heterocycles. The molecule has 2 aliphatic rings. The second kappa shape index (κ2) is 7.43. The highest BCUT2D eigenvalue weighted by Crippen LogP contribution is 2.33. The van der Waals surface area contributed by atoms with Crippen molar-refractivity contribution in [3.63, 3.8) is 0 Å². The predicted molar refractivity (Wildman–Crippen MR) is 70.8 cm³/mol. The van der Waals surface area contributed by atoms with Crippen LogP contribution in [0.15, 0.2) is 0 Å². The molecule has 0 aliphatic heterocycles. The normalized spacial score (nSPS) is 31.3. The summed E-state index contributed by atoms with van der Waals surface area (Å²) in [6.45, 7) is 5.49. The van der Waals surface area contributed by atoms with Gasteiger partial charge in [0.15, 0.2) is 0 Å². The van der Waals surface area contributed by atoms with Gasteiger partial charge in [-0.25, -0.2) is 0 Å². The molecule has 2 saturated carbocycles. The Morgan fingerprint density at radius 1 is 1.17 bits per heavy atom. The zero-order chi connectivity index (χ0) is 12.8. The average Bonchev–Trinajstić information content (AvgIpc) is 3.17. The minimum atomic E-state index is 0.213. The Kier molecular flexibility index (Phi) is 5.89. The van der Waals surface area contributed by atoms with Crippen LogP contribution in [0.5, 0.6) is 0 Å². The molecule has 1 N–H and O–H groups in total. The van der Waals surface area contributed by atoms with Gasteiger partial charge >= 0.3 is 0 Å². The molecule has 0 saturated heterocycles. The number of rotatable bonds is 10.